The number of alkyl halides is 2. The van der Waals surface area contributed by atoms with Gasteiger partial charge in [0, 0.05) is 6.54 Å². The molecule has 0 spiro atoms. The number of aryl methyl sites for hydroxylation is 1. The van der Waals surface area contributed by atoms with Crippen LogP contribution in [0.25, 0.3) is 0 Å². The summed E-state index contributed by atoms with van der Waals surface area (Å²) in [6.07, 6.45) is 2.39. The van der Waals surface area contributed by atoms with E-state index in [1.165, 1.54) is 17.9 Å². The highest BCUT2D eigenvalue weighted by atomic mass is 19.3. The van der Waals surface area contributed by atoms with Gasteiger partial charge in [0.05, 0.1) is 12.2 Å². The Kier molecular flexibility index (Phi) is 5.10. The van der Waals surface area contributed by atoms with Crippen LogP contribution in [0.5, 0.6) is 0 Å². The van der Waals surface area contributed by atoms with Gasteiger partial charge in [-0.05, 0) is 44.5 Å². The molecular formula is C14H20F2N2O. The van der Waals surface area contributed by atoms with E-state index in [9.17, 15) is 8.78 Å². The van der Waals surface area contributed by atoms with Crippen LogP contribution in [-0.2, 0) is 4.84 Å². The quantitative estimate of drug-likeness (QED) is 0.739. The van der Waals surface area contributed by atoms with E-state index >= 15 is 0 Å². The molecule has 1 heterocycles. The maximum Gasteiger partial charge on any atom is 0.364 e. The lowest BCUT2D eigenvalue weighted by Crippen LogP contribution is -2.35. The second-order valence-corrected chi connectivity index (χ2v) is 4.80. The molecule has 0 aliphatic carbocycles. The number of nitrogens with zero attached hydrogens (tertiary/aromatic N) is 2. The predicted molar refractivity (Wildman–Crippen MR) is 71.3 cm³/mol. The highest BCUT2D eigenvalue weighted by Crippen LogP contribution is 2.21. The number of anilines is 1. The van der Waals surface area contributed by atoms with E-state index in [-0.39, 0.29) is 0 Å². The lowest BCUT2D eigenvalue weighted by molar-refractivity contribution is -0.139. The Morgan fingerprint density at radius 1 is 1.26 bits per heavy atom. The summed E-state index contributed by atoms with van der Waals surface area (Å²) in [4.78, 5) is 6.93. The molecule has 1 aromatic carbocycles. The van der Waals surface area contributed by atoms with Crippen LogP contribution in [0, 0.1) is 6.92 Å². The zero-order valence-corrected chi connectivity index (χ0v) is 11.2. The van der Waals surface area contributed by atoms with E-state index in [1.54, 1.807) is 0 Å². The van der Waals surface area contributed by atoms with Gasteiger partial charge in [-0.2, -0.15) is 8.78 Å². The molecule has 1 fully saturated rings. The van der Waals surface area contributed by atoms with Crippen LogP contribution in [0.15, 0.2) is 24.3 Å². The van der Waals surface area contributed by atoms with Gasteiger partial charge in [-0.1, -0.05) is 18.2 Å². The molecule has 1 aromatic rings. The Morgan fingerprint density at radius 2 is 1.95 bits per heavy atom. The van der Waals surface area contributed by atoms with Crippen molar-refractivity contribution in [2.24, 2.45) is 0 Å². The average Bonchev–Trinajstić information content (AvgIpc) is 2.88. The molecule has 1 aliphatic rings. The number of hydrogen-bond donors (Lipinski definition) is 0. The lowest BCUT2D eigenvalue weighted by Gasteiger charge is -2.27. The van der Waals surface area contributed by atoms with Crippen LogP contribution >= 0.6 is 0 Å². The molecule has 19 heavy (non-hydrogen) atoms. The zero-order chi connectivity index (χ0) is 13.7. The van der Waals surface area contributed by atoms with Crippen molar-refractivity contribution in [3.8, 4) is 0 Å². The fourth-order valence-corrected chi connectivity index (χ4v) is 2.41. The minimum absolute atomic E-state index is 0.454. The van der Waals surface area contributed by atoms with Crippen molar-refractivity contribution in [2.45, 2.75) is 26.4 Å². The fourth-order valence-electron chi connectivity index (χ4n) is 2.41. The number of rotatable bonds is 6. The van der Waals surface area contributed by atoms with Crippen molar-refractivity contribution >= 4 is 5.69 Å². The van der Waals surface area contributed by atoms with Gasteiger partial charge >= 0.3 is 6.61 Å². The lowest BCUT2D eigenvalue weighted by atomic mass is 10.2. The molecule has 2 rings (SSSR count). The minimum Gasteiger partial charge on any atom is -0.301 e. The number of likely N-dealkylation sites (tertiary alicyclic amines) is 1. The summed E-state index contributed by atoms with van der Waals surface area (Å²) < 4.78 is 25.1. The third-order valence-electron chi connectivity index (χ3n) is 3.41. The SMILES string of the molecule is Cc1ccccc1N(CCN1CCCC1)OC(F)F. The van der Waals surface area contributed by atoms with Gasteiger partial charge in [0.2, 0.25) is 0 Å². The topological polar surface area (TPSA) is 15.7 Å². The van der Waals surface area contributed by atoms with Crippen LogP contribution in [0.2, 0.25) is 0 Å². The van der Waals surface area contributed by atoms with E-state index in [4.69, 9.17) is 0 Å². The van der Waals surface area contributed by atoms with Gasteiger partial charge in [-0.15, -0.1) is 0 Å². The van der Waals surface area contributed by atoms with Crippen molar-refractivity contribution in [1.82, 2.24) is 4.90 Å². The summed E-state index contributed by atoms with van der Waals surface area (Å²) in [5.74, 6) is 0. The van der Waals surface area contributed by atoms with Gasteiger partial charge in [-0.3, -0.25) is 0 Å². The smallest absolute Gasteiger partial charge is 0.301 e. The van der Waals surface area contributed by atoms with Gasteiger partial charge < -0.3 is 4.90 Å². The molecule has 0 amide bonds. The maximum atomic E-state index is 12.5. The van der Waals surface area contributed by atoms with Crippen molar-refractivity contribution in [2.75, 3.05) is 31.2 Å². The zero-order valence-electron chi connectivity index (χ0n) is 11.2. The minimum atomic E-state index is -2.79. The fraction of sp³-hybridized carbons (Fsp3) is 0.571. The number of para-hydroxylation sites is 1. The molecule has 0 bridgehead atoms. The van der Waals surface area contributed by atoms with Crippen LogP contribution in [0.1, 0.15) is 18.4 Å². The van der Waals surface area contributed by atoms with E-state index in [2.05, 4.69) is 9.74 Å². The standard InChI is InChI=1S/C14H20F2N2O/c1-12-6-2-3-7-13(12)18(19-14(15)16)11-10-17-8-4-5-9-17/h2-3,6-7,14H,4-5,8-11H2,1H3. The van der Waals surface area contributed by atoms with E-state index in [1.807, 2.05) is 31.2 Å². The first kappa shape index (κ1) is 14.2. The van der Waals surface area contributed by atoms with Crippen molar-refractivity contribution in [3.63, 3.8) is 0 Å². The molecule has 0 N–H and O–H groups in total. The summed E-state index contributed by atoms with van der Waals surface area (Å²) in [5.41, 5.74) is 1.64. The number of halogens is 2. The second-order valence-electron chi connectivity index (χ2n) is 4.80. The van der Waals surface area contributed by atoms with E-state index in [0.29, 0.717) is 12.2 Å². The summed E-state index contributed by atoms with van der Waals surface area (Å²) in [6.45, 7) is 2.41. The number of hydroxylamine groups is 1. The Bertz CT molecular complexity index is 395. The normalized spacial score (nSPS) is 16.2. The van der Waals surface area contributed by atoms with Gasteiger partial charge in [0.1, 0.15) is 0 Å². The Morgan fingerprint density at radius 3 is 2.58 bits per heavy atom. The molecule has 0 unspecified atom stereocenters. The summed E-state index contributed by atoms with van der Waals surface area (Å²) in [5, 5.41) is 1.32. The largest absolute Gasteiger partial charge is 0.364 e. The van der Waals surface area contributed by atoms with Crippen LogP contribution in [0.4, 0.5) is 14.5 Å². The predicted octanol–water partition coefficient (Wildman–Crippen LogP) is 3.05. The molecule has 0 radical (unpaired) electrons. The Labute approximate surface area is 112 Å². The molecule has 1 saturated heterocycles. The molecule has 1 aliphatic heterocycles. The molecule has 0 atom stereocenters. The first-order valence-corrected chi connectivity index (χ1v) is 6.67. The van der Waals surface area contributed by atoms with Gasteiger partial charge in [-0.25, -0.2) is 9.90 Å². The Hall–Kier alpha value is -1.20. The number of hydrogen-bond acceptors (Lipinski definition) is 3. The van der Waals surface area contributed by atoms with Crippen molar-refractivity contribution < 1.29 is 13.6 Å². The van der Waals surface area contributed by atoms with Gasteiger partial charge in [0.25, 0.3) is 0 Å². The third kappa shape index (κ3) is 4.14. The molecule has 0 saturated carbocycles. The van der Waals surface area contributed by atoms with Crippen molar-refractivity contribution in [3.05, 3.63) is 29.8 Å². The summed E-state index contributed by atoms with van der Waals surface area (Å²) >= 11 is 0. The maximum absolute atomic E-state index is 12.5. The highest BCUT2D eigenvalue weighted by molar-refractivity contribution is 5.50. The number of benzene rings is 1. The van der Waals surface area contributed by atoms with Crippen LogP contribution in [0.3, 0.4) is 0 Å². The van der Waals surface area contributed by atoms with E-state index in [0.717, 1.165) is 25.2 Å². The van der Waals surface area contributed by atoms with Gasteiger partial charge in [0.15, 0.2) is 0 Å². The molecule has 0 aromatic heterocycles. The summed E-state index contributed by atoms with van der Waals surface area (Å²) in [7, 11) is 0. The Balaban J connectivity index is 2.00. The van der Waals surface area contributed by atoms with Crippen molar-refractivity contribution in [1.29, 1.82) is 0 Å². The molecule has 5 heteroatoms. The summed E-state index contributed by atoms with van der Waals surface area (Å²) in [6, 6.07) is 7.43. The first-order valence-electron chi connectivity index (χ1n) is 6.67. The molecular weight excluding hydrogens is 250 g/mol. The highest BCUT2D eigenvalue weighted by Gasteiger charge is 2.18. The molecule has 3 nitrogen and oxygen atoms in total. The van der Waals surface area contributed by atoms with Crippen LogP contribution < -0.4 is 5.06 Å². The average molecular weight is 270 g/mol. The third-order valence-corrected chi connectivity index (χ3v) is 3.41. The first-order chi connectivity index (χ1) is 9.16. The monoisotopic (exact) mass is 270 g/mol. The molecule has 106 valence electrons. The second kappa shape index (κ2) is 6.82. The van der Waals surface area contributed by atoms with Crippen LogP contribution in [-0.4, -0.2) is 37.7 Å². The van der Waals surface area contributed by atoms with E-state index < -0.39 is 6.61 Å².